The number of rotatable bonds is 9. The molecule has 40 heavy (non-hydrogen) atoms. The third-order valence-electron chi connectivity index (χ3n) is 6.86. The molecule has 0 radical (unpaired) electrons. The number of nitrogens with zero attached hydrogens (tertiary/aromatic N) is 4. The normalized spacial score (nSPS) is 15.7. The van der Waals surface area contributed by atoms with Crippen molar-refractivity contribution in [3.63, 3.8) is 0 Å². The van der Waals surface area contributed by atoms with Gasteiger partial charge in [-0.3, -0.25) is 4.79 Å². The molecule has 0 atom stereocenters. The minimum Gasteiger partial charge on any atom is -0.494 e. The number of benzene rings is 2. The lowest BCUT2D eigenvalue weighted by atomic mass is 10.0. The van der Waals surface area contributed by atoms with E-state index in [0.29, 0.717) is 42.2 Å². The SMILES string of the molecule is C=CC(=O)Nc1cccc(Oc2nc(Nc3ccc(N4CCN(C)CC4)cc3OC)ncc2C2=CCOCC2)c1. The van der Waals surface area contributed by atoms with E-state index in [-0.39, 0.29) is 5.91 Å². The van der Waals surface area contributed by atoms with Gasteiger partial charge in [0.2, 0.25) is 17.7 Å². The van der Waals surface area contributed by atoms with Crippen molar-refractivity contribution in [1.29, 1.82) is 0 Å². The van der Waals surface area contributed by atoms with Gasteiger partial charge in [-0.1, -0.05) is 18.7 Å². The molecule has 2 aromatic carbocycles. The number of hydrogen-bond donors (Lipinski definition) is 2. The van der Waals surface area contributed by atoms with Gasteiger partial charge in [-0.15, -0.1) is 0 Å². The number of likely N-dealkylation sites (N-methyl/N-ethyl adjacent to an activating group) is 1. The minimum atomic E-state index is -0.300. The number of carbonyl (C=O) groups excluding carboxylic acids is 1. The van der Waals surface area contributed by atoms with Crippen LogP contribution in [0.5, 0.6) is 17.4 Å². The second kappa shape index (κ2) is 12.6. The molecular formula is C30H34N6O4. The molecule has 10 nitrogen and oxygen atoms in total. The van der Waals surface area contributed by atoms with Crippen molar-refractivity contribution in [3.8, 4) is 17.4 Å². The maximum absolute atomic E-state index is 11.8. The van der Waals surface area contributed by atoms with Gasteiger partial charge in [0, 0.05) is 55.9 Å². The highest BCUT2D eigenvalue weighted by molar-refractivity contribution is 5.98. The van der Waals surface area contributed by atoms with E-state index in [1.165, 1.54) is 6.08 Å². The molecule has 1 saturated heterocycles. The molecule has 3 aromatic rings. The number of ether oxygens (including phenoxy) is 3. The molecule has 0 unspecified atom stereocenters. The van der Waals surface area contributed by atoms with Gasteiger partial charge >= 0.3 is 0 Å². The summed E-state index contributed by atoms with van der Waals surface area (Å²) in [5.74, 6) is 1.68. The Hall–Kier alpha value is -4.41. The average Bonchev–Trinajstić information content (AvgIpc) is 2.98. The first-order valence-electron chi connectivity index (χ1n) is 13.3. The molecule has 2 aliphatic rings. The summed E-state index contributed by atoms with van der Waals surface area (Å²) in [5, 5.41) is 6.05. The van der Waals surface area contributed by atoms with E-state index in [1.54, 1.807) is 37.6 Å². The van der Waals surface area contributed by atoms with Crippen LogP contribution in [-0.2, 0) is 9.53 Å². The van der Waals surface area contributed by atoms with Crippen molar-refractivity contribution in [2.75, 3.05) is 69.1 Å². The molecule has 5 rings (SSSR count). The Balaban J connectivity index is 1.42. The molecule has 0 bridgehead atoms. The second-order valence-corrected chi connectivity index (χ2v) is 9.59. The van der Waals surface area contributed by atoms with Gasteiger partial charge in [0.15, 0.2) is 0 Å². The van der Waals surface area contributed by atoms with Crippen LogP contribution in [0.4, 0.5) is 23.0 Å². The summed E-state index contributed by atoms with van der Waals surface area (Å²) < 4.78 is 17.5. The summed E-state index contributed by atoms with van der Waals surface area (Å²) in [6, 6.07) is 13.2. The van der Waals surface area contributed by atoms with Gasteiger partial charge in [0.25, 0.3) is 0 Å². The van der Waals surface area contributed by atoms with E-state index in [4.69, 9.17) is 19.2 Å². The molecule has 1 aromatic heterocycles. The molecule has 2 N–H and O–H groups in total. The number of methoxy groups -OCH3 is 1. The van der Waals surface area contributed by atoms with Crippen molar-refractivity contribution < 1.29 is 19.0 Å². The third kappa shape index (κ3) is 6.59. The van der Waals surface area contributed by atoms with E-state index in [1.807, 2.05) is 18.2 Å². The first-order chi connectivity index (χ1) is 19.5. The summed E-state index contributed by atoms with van der Waals surface area (Å²) in [6.07, 6.45) is 5.72. The predicted octanol–water partition coefficient (Wildman–Crippen LogP) is 4.70. The van der Waals surface area contributed by atoms with Gasteiger partial charge in [0.1, 0.15) is 11.5 Å². The standard InChI is InChI=1S/C30H34N6O4/c1-4-28(37)32-22-6-5-7-24(18-22)40-29-25(21-10-16-39-17-11-21)20-31-30(34-29)33-26-9-8-23(19-27(26)38-3)36-14-12-35(2)13-15-36/h4-10,18-20H,1,11-17H2,2-3H3,(H,32,37)(H,31,33,34). The van der Waals surface area contributed by atoms with Crippen molar-refractivity contribution in [3.05, 3.63) is 73.0 Å². The topological polar surface area (TPSA) is 101 Å². The van der Waals surface area contributed by atoms with Crippen molar-refractivity contribution in [1.82, 2.24) is 14.9 Å². The molecule has 2 aliphatic heterocycles. The van der Waals surface area contributed by atoms with E-state index < -0.39 is 0 Å². The van der Waals surface area contributed by atoms with Gasteiger partial charge in [-0.05, 0) is 49.4 Å². The van der Waals surface area contributed by atoms with E-state index >= 15 is 0 Å². The van der Waals surface area contributed by atoms with Crippen molar-refractivity contribution in [2.45, 2.75) is 6.42 Å². The fourth-order valence-corrected chi connectivity index (χ4v) is 4.60. The Morgan fingerprint density at radius 1 is 1.15 bits per heavy atom. The minimum absolute atomic E-state index is 0.300. The Bertz CT molecular complexity index is 1400. The van der Waals surface area contributed by atoms with Crippen LogP contribution in [0.1, 0.15) is 12.0 Å². The van der Waals surface area contributed by atoms with Gasteiger partial charge in [-0.25, -0.2) is 4.98 Å². The number of anilines is 4. The second-order valence-electron chi connectivity index (χ2n) is 9.59. The predicted molar refractivity (Wildman–Crippen MR) is 157 cm³/mol. The lowest BCUT2D eigenvalue weighted by molar-refractivity contribution is -0.111. The largest absolute Gasteiger partial charge is 0.494 e. The van der Waals surface area contributed by atoms with Gasteiger partial charge in [0.05, 0.1) is 31.6 Å². The number of nitrogens with one attached hydrogen (secondary N) is 2. The molecule has 3 heterocycles. The summed E-state index contributed by atoms with van der Waals surface area (Å²) in [5.41, 5.74) is 4.29. The van der Waals surface area contributed by atoms with Crippen LogP contribution in [0.2, 0.25) is 0 Å². The van der Waals surface area contributed by atoms with E-state index in [0.717, 1.165) is 55.1 Å². The van der Waals surface area contributed by atoms with Crippen molar-refractivity contribution >= 4 is 34.5 Å². The molecular weight excluding hydrogens is 508 g/mol. The number of carbonyl (C=O) groups is 1. The zero-order valence-electron chi connectivity index (χ0n) is 22.9. The van der Waals surface area contributed by atoms with Gasteiger partial charge in [-0.2, -0.15) is 4.98 Å². The molecule has 0 aliphatic carbocycles. The van der Waals surface area contributed by atoms with Crippen LogP contribution >= 0.6 is 0 Å². The molecule has 0 saturated carbocycles. The summed E-state index contributed by atoms with van der Waals surface area (Å²) in [4.78, 5) is 25.8. The maximum atomic E-state index is 11.8. The molecule has 10 heteroatoms. The Labute approximate surface area is 234 Å². The quantitative estimate of drug-likeness (QED) is 0.373. The lowest BCUT2D eigenvalue weighted by Gasteiger charge is -2.34. The average molecular weight is 543 g/mol. The number of aromatic nitrogens is 2. The number of piperazine rings is 1. The van der Waals surface area contributed by atoms with E-state index in [9.17, 15) is 4.79 Å². The van der Waals surface area contributed by atoms with E-state index in [2.05, 4.69) is 45.1 Å². The monoisotopic (exact) mass is 542 g/mol. The molecule has 1 amide bonds. The third-order valence-corrected chi connectivity index (χ3v) is 6.86. The summed E-state index contributed by atoms with van der Waals surface area (Å²) >= 11 is 0. The Morgan fingerprint density at radius 3 is 2.75 bits per heavy atom. The van der Waals surface area contributed by atoms with Crippen LogP contribution in [0.15, 0.2) is 67.4 Å². The summed E-state index contributed by atoms with van der Waals surface area (Å²) in [7, 11) is 3.80. The first-order valence-corrected chi connectivity index (χ1v) is 13.3. The number of amides is 1. The summed E-state index contributed by atoms with van der Waals surface area (Å²) in [6.45, 7) is 8.63. The highest BCUT2D eigenvalue weighted by atomic mass is 16.5. The zero-order chi connectivity index (χ0) is 27.9. The zero-order valence-corrected chi connectivity index (χ0v) is 22.9. The Kier molecular flexibility index (Phi) is 8.58. The highest BCUT2D eigenvalue weighted by Gasteiger charge is 2.19. The van der Waals surface area contributed by atoms with Crippen LogP contribution < -0.4 is 25.0 Å². The van der Waals surface area contributed by atoms with Crippen LogP contribution in [0.25, 0.3) is 5.57 Å². The fourth-order valence-electron chi connectivity index (χ4n) is 4.60. The molecule has 208 valence electrons. The first kappa shape index (κ1) is 27.2. The van der Waals surface area contributed by atoms with Crippen molar-refractivity contribution in [2.24, 2.45) is 0 Å². The smallest absolute Gasteiger partial charge is 0.247 e. The Morgan fingerprint density at radius 2 is 2.00 bits per heavy atom. The fraction of sp³-hybridized carbons (Fsp3) is 0.300. The maximum Gasteiger partial charge on any atom is 0.247 e. The number of hydrogen-bond acceptors (Lipinski definition) is 9. The van der Waals surface area contributed by atoms with Gasteiger partial charge < -0.3 is 34.6 Å². The van der Waals surface area contributed by atoms with Crippen LogP contribution in [0, 0.1) is 0 Å². The van der Waals surface area contributed by atoms with Crippen LogP contribution in [0.3, 0.4) is 0 Å². The molecule has 0 spiro atoms. The lowest BCUT2D eigenvalue weighted by Crippen LogP contribution is -2.44. The highest BCUT2D eigenvalue weighted by Crippen LogP contribution is 2.35. The molecule has 1 fully saturated rings. The van der Waals surface area contributed by atoms with Crippen LogP contribution in [-0.4, -0.2) is 74.3 Å².